The van der Waals surface area contributed by atoms with E-state index in [1.807, 2.05) is 24.0 Å². The standard InChI is InChI=1S/C22H32FN5O2.HI/c1-4-24-22(26-14-18-12-20(15(2)3)27-30-18)25-13-16-5-6-21(19(23)11-16)28-9-7-17(29)8-10-28;/h5-6,11-12,15,17,29H,4,7-10,13-14H2,1-3H3,(H2,24,25,26);1H. The highest BCUT2D eigenvalue weighted by Crippen LogP contribution is 2.24. The molecule has 0 spiro atoms. The van der Waals surface area contributed by atoms with Crippen molar-refractivity contribution in [3.63, 3.8) is 0 Å². The Morgan fingerprint density at radius 3 is 2.65 bits per heavy atom. The largest absolute Gasteiger partial charge is 0.393 e. The summed E-state index contributed by atoms with van der Waals surface area (Å²) in [5, 5.41) is 20.1. The zero-order valence-electron chi connectivity index (χ0n) is 18.4. The molecule has 3 N–H and O–H groups in total. The van der Waals surface area contributed by atoms with Gasteiger partial charge in [0.05, 0.1) is 30.6 Å². The maximum Gasteiger partial charge on any atom is 0.191 e. The normalized spacial score (nSPS) is 15.2. The third-order valence-corrected chi connectivity index (χ3v) is 5.18. The fourth-order valence-corrected chi connectivity index (χ4v) is 3.38. The SMILES string of the molecule is CCNC(=NCc1ccc(N2CCC(O)CC2)c(F)c1)NCc1cc(C(C)C)no1.I. The van der Waals surface area contributed by atoms with Crippen LogP contribution in [0.4, 0.5) is 10.1 Å². The molecule has 0 saturated carbocycles. The fourth-order valence-electron chi connectivity index (χ4n) is 3.38. The third kappa shape index (κ3) is 7.34. The number of aliphatic hydroxyl groups is 1. The molecule has 0 atom stereocenters. The first-order chi connectivity index (χ1) is 14.5. The number of aliphatic hydroxyl groups excluding tert-OH is 1. The molecular formula is C22H33FIN5O2. The van der Waals surface area contributed by atoms with E-state index in [0.717, 1.165) is 17.0 Å². The molecule has 31 heavy (non-hydrogen) atoms. The summed E-state index contributed by atoms with van der Waals surface area (Å²) >= 11 is 0. The molecule has 1 aliphatic heterocycles. The minimum atomic E-state index is -0.274. The first-order valence-corrected chi connectivity index (χ1v) is 10.6. The van der Waals surface area contributed by atoms with Crippen LogP contribution in [0, 0.1) is 5.82 Å². The number of benzene rings is 1. The number of nitrogens with one attached hydrogen (secondary N) is 2. The number of anilines is 1. The van der Waals surface area contributed by atoms with Crippen LogP contribution < -0.4 is 15.5 Å². The Bertz CT molecular complexity index is 850. The number of hydrogen-bond donors (Lipinski definition) is 3. The van der Waals surface area contributed by atoms with Gasteiger partial charge in [0, 0.05) is 25.7 Å². The van der Waals surface area contributed by atoms with Gasteiger partial charge in [0.25, 0.3) is 0 Å². The second-order valence-electron chi connectivity index (χ2n) is 7.93. The second kappa shape index (κ2) is 12.2. The molecule has 7 nitrogen and oxygen atoms in total. The number of guanidine groups is 1. The molecule has 0 amide bonds. The van der Waals surface area contributed by atoms with E-state index in [1.54, 1.807) is 12.1 Å². The van der Waals surface area contributed by atoms with Gasteiger partial charge in [-0.25, -0.2) is 9.38 Å². The van der Waals surface area contributed by atoms with Crippen molar-refractivity contribution in [1.29, 1.82) is 0 Å². The number of hydrogen-bond acceptors (Lipinski definition) is 5. The van der Waals surface area contributed by atoms with E-state index in [1.165, 1.54) is 0 Å². The van der Waals surface area contributed by atoms with Crippen molar-refractivity contribution in [2.45, 2.75) is 58.7 Å². The molecule has 2 aromatic rings. The van der Waals surface area contributed by atoms with Crippen molar-refractivity contribution < 1.29 is 14.0 Å². The molecule has 1 aromatic heterocycles. The molecule has 0 unspecified atom stereocenters. The van der Waals surface area contributed by atoms with Gasteiger partial charge in [0.1, 0.15) is 5.82 Å². The Morgan fingerprint density at radius 1 is 1.29 bits per heavy atom. The molecule has 3 rings (SSSR count). The van der Waals surface area contributed by atoms with Crippen LogP contribution >= 0.6 is 24.0 Å². The number of halogens is 2. The number of piperidine rings is 1. The summed E-state index contributed by atoms with van der Waals surface area (Å²) in [5.74, 6) is 1.44. The lowest BCUT2D eigenvalue weighted by molar-refractivity contribution is 0.145. The smallest absolute Gasteiger partial charge is 0.191 e. The number of aromatic nitrogens is 1. The molecular weight excluding hydrogens is 512 g/mol. The lowest BCUT2D eigenvalue weighted by Gasteiger charge is -2.31. The monoisotopic (exact) mass is 545 g/mol. The number of rotatable bonds is 7. The maximum absolute atomic E-state index is 14.6. The van der Waals surface area contributed by atoms with E-state index < -0.39 is 0 Å². The minimum absolute atomic E-state index is 0. The number of aliphatic imine (C=N–C) groups is 1. The Balaban J connectivity index is 0.00000341. The van der Waals surface area contributed by atoms with Crippen molar-refractivity contribution in [2.24, 2.45) is 4.99 Å². The average Bonchev–Trinajstić information content (AvgIpc) is 3.20. The molecule has 1 saturated heterocycles. The summed E-state index contributed by atoms with van der Waals surface area (Å²) in [5.41, 5.74) is 2.31. The topological polar surface area (TPSA) is 85.9 Å². The van der Waals surface area contributed by atoms with E-state index in [-0.39, 0.29) is 35.9 Å². The first-order valence-electron chi connectivity index (χ1n) is 10.6. The van der Waals surface area contributed by atoms with Crippen LogP contribution in [0.15, 0.2) is 33.8 Å². The zero-order chi connectivity index (χ0) is 21.5. The zero-order valence-corrected chi connectivity index (χ0v) is 20.7. The average molecular weight is 545 g/mol. The summed E-state index contributed by atoms with van der Waals surface area (Å²) in [4.78, 5) is 6.54. The van der Waals surface area contributed by atoms with Crippen molar-refractivity contribution in [2.75, 3.05) is 24.5 Å². The van der Waals surface area contributed by atoms with Crippen LogP contribution in [0.25, 0.3) is 0 Å². The predicted molar refractivity (Wildman–Crippen MR) is 132 cm³/mol. The van der Waals surface area contributed by atoms with E-state index in [0.29, 0.717) is 63.1 Å². The van der Waals surface area contributed by atoms with E-state index in [4.69, 9.17) is 4.52 Å². The van der Waals surface area contributed by atoms with Crippen LogP contribution in [-0.2, 0) is 13.1 Å². The molecule has 0 aliphatic carbocycles. The van der Waals surface area contributed by atoms with Gasteiger partial charge < -0.3 is 25.2 Å². The molecule has 172 valence electrons. The quantitative estimate of drug-likeness (QED) is 0.279. The number of nitrogens with zero attached hydrogens (tertiary/aromatic N) is 3. The minimum Gasteiger partial charge on any atom is -0.393 e. The molecule has 9 heteroatoms. The van der Waals surface area contributed by atoms with E-state index in [2.05, 4.69) is 34.6 Å². The van der Waals surface area contributed by atoms with E-state index >= 15 is 0 Å². The second-order valence-corrected chi connectivity index (χ2v) is 7.93. The molecule has 1 aliphatic rings. The van der Waals surface area contributed by atoms with Crippen LogP contribution in [0.2, 0.25) is 0 Å². The van der Waals surface area contributed by atoms with Crippen LogP contribution in [0.1, 0.15) is 56.5 Å². The van der Waals surface area contributed by atoms with Crippen molar-refractivity contribution >= 4 is 35.6 Å². The van der Waals surface area contributed by atoms with Gasteiger partial charge in [0.15, 0.2) is 11.7 Å². The van der Waals surface area contributed by atoms with Crippen LogP contribution in [-0.4, -0.2) is 42.0 Å². The lowest BCUT2D eigenvalue weighted by Crippen LogP contribution is -2.36. The van der Waals surface area contributed by atoms with Gasteiger partial charge in [-0.15, -0.1) is 24.0 Å². The van der Waals surface area contributed by atoms with Crippen molar-refractivity contribution in [1.82, 2.24) is 15.8 Å². The highest BCUT2D eigenvalue weighted by atomic mass is 127. The Labute approximate surface area is 200 Å². The third-order valence-electron chi connectivity index (χ3n) is 5.18. The predicted octanol–water partition coefficient (Wildman–Crippen LogP) is 3.77. The van der Waals surface area contributed by atoms with E-state index in [9.17, 15) is 9.50 Å². The van der Waals surface area contributed by atoms with Gasteiger partial charge in [-0.05, 0) is 43.4 Å². The molecule has 0 radical (unpaired) electrons. The Morgan fingerprint density at radius 2 is 2.03 bits per heavy atom. The highest BCUT2D eigenvalue weighted by Gasteiger charge is 2.19. The van der Waals surface area contributed by atoms with Crippen LogP contribution in [0.3, 0.4) is 0 Å². The molecule has 0 bridgehead atoms. The van der Waals surface area contributed by atoms with Gasteiger partial charge >= 0.3 is 0 Å². The molecule has 1 fully saturated rings. The summed E-state index contributed by atoms with van der Waals surface area (Å²) in [7, 11) is 0. The molecule has 2 heterocycles. The lowest BCUT2D eigenvalue weighted by atomic mass is 10.1. The van der Waals surface area contributed by atoms with Crippen LogP contribution in [0.5, 0.6) is 0 Å². The summed E-state index contributed by atoms with van der Waals surface area (Å²) in [6.45, 7) is 9.02. The summed E-state index contributed by atoms with van der Waals surface area (Å²) < 4.78 is 20.0. The van der Waals surface area contributed by atoms with Crippen molar-refractivity contribution in [3.8, 4) is 0 Å². The fraction of sp³-hybridized carbons (Fsp3) is 0.545. The maximum atomic E-state index is 14.6. The molecule has 1 aromatic carbocycles. The van der Waals surface area contributed by atoms with Gasteiger partial charge in [0.2, 0.25) is 0 Å². The van der Waals surface area contributed by atoms with Gasteiger partial charge in [-0.2, -0.15) is 0 Å². The van der Waals surface area contributed by atoms with Gasteiger partial charge in [-0.1, -0.05) is 25.1 Å². The van der Waals surface area contributed by atoms with Crippen molar-refractivity contribution in [3.05, 3.63) is 47.1 Å². The highest BCUT2D eigenvalue weighted by molar-refractivity contribution is 14.0. The van der Waals surface area contributed by atoms with Gasteiger partial charge in [-0.3, -0.25) is 0 Å². The Kier molecular flexibility index (Phi) is 10.0. The first kappa shape index (κ1) is 25.4. The Hall–Kier alpha value is -1.88. The summed E-state index contributed by atoms with van der Waals surface area (Å²) in [6, 6.07) is 7.19. The summed E-state index contributed by atoms with van der Waals surface area (Å²) in [6.07, 6.45) is 1.07.